The van der Waals surface area contributed by atoms with Crippen LogP contribution in [-0.2, 0) is 14.3 Å². The van der Waals surface area contributed by atoms with Gasteiger partial charge in [-0.1, -0.05) is 31.2 Å². The Morgan fingerprint density at radius 2 is 1.84 bits per heavy atom. The van der Waals surface area contributed by atoms with Crippen LogP contribution < -0.4 is 4.74 Å². The molecule has 8 heteroatoms. The summed E-state index contributed by atoms with van der Waals surface area (Å²) in [6.45, 7) is 1.67. The van der Waals surface area contributed by atoms with E-state index in [4.69, 9.17) is 4.74 Å². The van der Waals surface area contributed by atoms with E-state index in [2.05, 4.69) is 4.74 Å². The number of alkyl halides is 3. The van der Waals surface area contributed by atoms with Crippen LogP contribution >= 0.6 is 0 Å². The third kappa shape index (κ3) is 3.78. The molecule has 0 fully saturated rings. The minimum atomic E-state index is -5.12. The van der Waals surface area contributed by atoms with Crippen molar-refractivity contribution in [3.05, 3.63) is 42.0 Å². The predicted molar refractivity (Wildman–Crippen MR) is 82.7 cm³/mol. The number of esters is 1. The van der Waals surface area contributed by atoms with Crippen molar-refractivity contribution in [3.63, 3.8) is 0 Å². The molecule has 0 saturated heterocycles. The average molecular weight is 357 g/mol. The van der Waals surface area contributed by atoms with Gasteiger partial charge in [0.05, 0.1) is 20.3 Å². The van der Waals surface area contributed by atoms with Gasteiger partial charge in [0.1, 0.15) is 11.8 Å². The first-order chi connectivity index (χ1) is 11.7. The molecule has 0 spiro atoms. The number of rotatable bonds is 3. The fourth-order valence-electron chi connectivity index (χ4n) is 2.91. The topological polar surface area (TPSA) is 55.8 Å². The highest BCUT2D eigenvalue weighted by Crippen LogP contribution is 2.39. The first kappa shape index (κ1) is 18.8. The van der Waals surface area contributed by atoms with E-state index >= 15 is 0 Å². The predicted octanol–water partition coefficient (Wildman–Crippen LogP) is 2.87. The van der Waals surface area contributed by atoms with Gasteiger partial charge in [-0.3, -0.25) is 4.79 Å². The van der Waals surface area contributed by atoms with Crippen molar-refractivity contribution < 1.29 is 32.2 Å². The van der Waals surface area contributed by atoms with Crippen molar-refractivity contribution in [2.45, 2.75) is 25.2 Å². The summed E-state index contributed by atoms with van der Waals surface area (Å²) in [5.74, 6) is -3.03. The Balaban J connectivity index is 2.57. The standard InChI is InChI=1S/C17H18F3NO4/c1-10-7-8-13(15(22)25-3)21(16(23)17(18,19)20)14(10)11-5-4-6-12(9-11)24-2/h4-10,13-14H,1-3H3/t10-,13-,14-/m0/s1. The number of ether oxygens (including phenoxy) is 2. The van der Waals surface area contributed by atoms with Crippen LogP contribution in [0.4, 0.5) is 13.2 Å². The summed E-state index contributed by atoms with van der Waals surface area (Å²) in [6, 6.07) is 3.95. The van der Waals surface area contributed by atoms with E-state index < -0.39 is 36.1 Å². The molecule has 1 heterocycles. The quantitative estimate of drug-likeness (QED) is 0.617. The molecule has 0 saturated carbocycles. The number of hydrogen-bond acceptors (Lipinski definition) is 4. The zero-order valence-corrected chi connectivity index (χ0v) is 13.9. The Morgan fingerprint density at radius 1 is 1.16 bits per heavy atom. The number of benzene rings is 1. The summed E-state index contributed by atoms with van der Waals surface area (Å²) in [5.41, 5.74) is 0.433. The van der Waals surface area contributed by atoms with E-state index in [-0.39, 0.29) is 0 Å². The van der Waals surface area contributed by atoms with Crippen LogP contribution in [-0.4, -0.2) is 43.2 Å². The molecule has 0 N–H and O–H groups in total. The highest BCUT2D eigenvalue weighted by molar-refractivity contribution is 5.89. The van der Waals surface area contributed by atoms with Crippen molar-refractivity contribution in [2.75, 3.05) is 14.2 Å². The first-order valence-corrected chi connectivity index (χ1v) is 7.50. The number of nitrogens with zero attached hydrogens (tertiary/aromatic N) is 1. The van der Waals surface area contributed by atoms with Crippen molar-refractivity contribution in [3.8, 4) is 5.75 Å². The lowest BCUT2D eigenvalue weighted by atomic mass is 9.87. The van der Waals surface area contributed by atoms with Crippen LogP contribution in [0.3, 0.4) is 0 Å². The Labute approximate surface area is 143 Å². The van der Waals surface area contributed by atoms with Crippen molar-refractivity contribution in [1.82, 2.24) is 4.90 Å². The summed E-state index contributed by atoms with van der Waals surface area (Å²) >= 11 is 0. The second-order valence-electron chi connectivity index (χ2n) is 5.64. The lowest BCUT2D eigenvalue weighted by Crippen LogP contribution is -2.54. The number of amides is 1. The fourth-order valence-corrected chi connectivity index (χ4v) is 2.91. The zero-order chi connectivity index (χ0) is 18.8. The maximum absolute atomic E-state index is 13.1. The third-order valence-electron chi connectivity index (χ3n) is 4.05. The summed E-state index contributed by atoms with van der Waals surface area (Å²) in [4.78, 5) is 24.6. The van der Waals surface area contributed by atoms with E-state index in [0.29, 0.717) is 16.2 Å². The summed E-state index contributed by atoms with van der Waals surface area (Å²) in [6.07, 6.45) is -2.25. The van der Waals surface area contributed by atoms with E-state index in [1.807, 2.05) is 0 Å². The van der Waals surface area contributed by atoms with Gasteiger partial charge in [0, 0.05) is 0 Å². The molecule has 1 aliphatic heterocycles. The molecule has 0 aromatic heterocycles. The first-order valence-electron chi connectivity index (χ1n) is 7.50. The molecule has 0 radical (unpaired) electrons. The van der Waals surface area contributed by atoms with Crippen LogP contribution in [0, 0.1) is 5.92 Å². The SMILES string of the molecule is COC(=O)[C@@H]1C=C[C@H](C)[C@@H](c2cccc(OC)c2)N1C(=O)C(F)(F)F. The minimum absolute atomic E-state index is 0.433. The molecule has 0 bridgehead atoms. The molecular formula is C17H18F3NO4. The Morgan fingerprint density at radius 3 is 2.40 bits per heavy atom. The minimum Gasteiger partial charge on any atom is -0.497 e. The normalized spacial score (nSPS) is 23.3. The van der Waals surface area contributed by atoms with Crippen LogP contribution in [0.5, 0.6) is 5.75 Å². The third-order valence-corrected chi connectivity index (χ3v) is 4.05. The molecule has 3 atom stereocenters. The average Bonchev–Trinajstić information content (AvgIpc) is 2.59. The maximum atomic E-state index is 13.1. The second kappa shape index (κ2) is 7.16. The highest BCUT2D eigenvalue weighted by Gasteiger charge is 2.50. The van der Waals surface area contributed by atoms with Crippen LogP contribution in [0.1, 0.15) is 18.5 Å². The molecule has 5 nitrogen and oxygen atoms in total. The van der Waals surface area contributed by atoms with Crippen LogP contribution in [0.25, 0.3) is 0 Å². The molecule has 1 aromatic carbocycles. The number of methoxy groups -OCH3 is 2. The fraction of sp³-hybridized carbons (Fsp3) is 0.412. The monoisotopic (exact) mass is 357 g/mol. The Bertz CT molecular complexity index is 687. The van der Waals surface area contributed by atoms with Gasteiger partial charge in [0.25, 0.3) is 0 Å². The number of halogens is 3. The summed E-state index contributed by atoms with van der Waals surface area (Å²) in [5, 5.41) is 0. The number of carbonyl (C=O) groups excluding carboxylic acids is 2. The van der Waals surface area contributed by atoms with Gasteiger partial charge in [0.15, 0.2) is 0 Å². The van der Waals surface area contributed by atoms with Gasteiger partial charge in [-0.2, -0.15) is 13.2 Å². The lowest BCUT2D eigenvalue weighted by molar-refractivity contribution is -0.193. The summed E-state index contributed by atoms with van der Waals surface area (Å²) in [7, 11) is 2.49. The maximum Gasteiger partial charge on any atom is 0.471 e. The van der Waals surface area contributed by atoms with Gasteiger partial charge in [-0.15, -0.1) is 0 Å². The number of carbonyl (C=O) groups is 2. The molecule has 1 aromatic rings. The van der Waals surface area contributed by atoms with Gasteiger partial charge in [-0.25, -0.2) is 4.79 Å². The van der Waals surface area contributed by atoms with E-state index in [9.17, 15) is 22.8 Å². The smallest absolute Gasteiger partial charge is 0.471 e. The molecule has 136 valence electrons. The van der Waals surface area contributed by atoms with Gasteiger partial charge >= 0.3 is 18.1 Å². The van der Waals surface area contributed by atoms with E-state index in [1.165, 1.54) is 13.2 Å². The second-order valence-corrected chi connectivity index (χ2v) is 5.64. The molecule has 0 aliphatic carbocycles. The Hall–Kier alpha value is -2.51. The van der Waals surface area contributed by atoms with E-state index in [0.717, 1.165) is 7.11 Å². The van der Waals surface area contributed by atoms with Crippen molar-refractivity contribution in [1.29, 1.82) is 0 Å². The van der Waals surface area contributed by atoms with Crippen molar-refractivity contribution in [2.24, 2.45) is 5.92 Å². The molecule has 1 aliphatic rings. The molecular weight excluding hydrogens is 339 g/mol. The molecule has 2 rings (SSSR count). The highest BCUT2D eigenvalue weighted by atomic mass is 19.4. The Kier molecular flexibility index (Phi) is 5.39. The van der Waals surface area contributed by atoms with Gasteiger partial charge in [0.2, 0.25) is 0 Å². The van der Waals surface area contributed by atoms with Gasteiger partial charge < -0.3 is 14.4 Å². The molecule has 1 amide bonds. The zero-order valence-electron chi connectivity index (χ0n) is 13.9. The van der Waals surface area contributed by atoms with Crippen LogP contribution in [0.2, 0.25) is 0 Å². The van der Waals surface area contributed by atoms with E-state index in [1.54, 1.807) is 37.3 Å². The lowest BCUT2D eigenvalue weighted by Gasteiger charge is -2.41. The molecule has 25 heavy (non-hydrogen) atoms. The largest absolute Gasteiger partial charge is 0.497 e. The van der Waals surface area contributed by atoms with Crippen molar-refractivity contribution >= 4 is 11.9 Å². The summed E-state index contributed by atoms with van der Waals surface area (Å²) < 4.78 is 49.1. The van der Waals surface area contributed by atoms with Crippen LogP contribution in [0.15, 0.2) is 36.4 Å². The molecule has 0 unspecified atom stereocenters. The number of hydrogen-bond donors (Lipinski definition) is 0. The van der Waals surface area contributed by atoms with Gasteiger partial charge in [-0.05, 0) is 23.6 Å².